The molecule has 0 aliphatic carbocycles. The Bertz CT molecular complexity index is 571. The maximum absolute atomic E-state index is 13.7. The van der Waals surface area contributed by atoms with Crippen LogP contribution in [0.2, 0.25) is 0 Å². The normalized spacial score (nSPS) is 18.3. The maximum atomic E-state index is 13.7. The highest BCUT2D eigenvalue weighted by molar-refractivity contribution is 7.89. The first-order valence-corrected chi connectivity index (χ1v) is 8.16. The van der Waals surface area contributed by atoms with Gasteiger partial charge in [-0.05, 0) is 51.1 Å². The molecule has 5 nitrogen and oxygen atoms in total. The zero-order valence-corrected chi connectivity index (χ0v) is 12.3. The maximum Gasteiger partial charge on any atom is 0.243 e. The number of hydrogen-bond acceptors (Lipinski definition) is 4. The molecule has 1 aliphatic rings. The second-order valence-corrected chi connectivity index (χ2v) is 6.90. The second kappa shape index (κ2) is 6.07. The van der Waals surface area contributed by atoms with E-state index in [4.69, 9.17) is 5.73 Å². The quantitative estimate of drug-likeness (QED) is 0.801. The van der Waals surface area contributed by atoms with Crippen molar-refractivity contribution in [3.8, 4) is 0 Å². The first-order valence-electron chi connectivity index (χ1n) is 6.68. The third-order valence-electron chi connectivity index (χ3n) is 3.33. The second-order valence-electron chi connectivity index (χ2n) is 5.22. The van der Waals surface area contributed by atoms with Gasteiger partial charge in [-0.3, -0.25) is 0 Å². The van der Waals surface area contributed by atoms with Gasteiger partial charge in [0.05, 0.1) is 0 Å². The van der Waals surface area contributed by atoms with E-state index >= 15 is 0 Å². The minimum absolute atomic E-state index is 0.201. The van der Waals surface area contributed by atoms with Gasteiger partial charge in [-0.15, -0.1) is 0 Å². The zero-order valence-electron chi connectivity index (χ0n) is 11.5. The Morgan fingerprint density at radius 2 is 2.05 bits per heavy atom. The number of likely N-dealkylation sites (tertiary alicyclic amines) is 1. The number of sulfonamides is 1. The van der Waals surface area contributed by atoms with Crippen LogP contribution in [0.5, 0.6) is 0 Å². The zero-order chi connectivity index (χ0) is 14.8. The molecule has 7 heteroatoms. The number of nitrogens with one attached hydrogen (secondary N) is 1. The Morgan fingerprint density at radius 1 is 1.40 bits per heavy atom. The van der Waals surface area contributed by atoms with Crippen molar-refractivity contribution in [2.75, 3.05) is 25.4 Å². The minimum atomic E-state index is -3.86. The fourth-order valence-corrected chi connectivity index (χ4v) is 3.75. The fourth-order valence-electron chi connectivity index (χ4n) is 2.45. The first-order chi connectivity index (χ1) is 9.38. The monoisotopic (exact) mass is 301 g/mol. The van der Waals surface area contributed by atoms with Crippen LogP contribution in [0, 0.1) is 5.82 Å². The van der Waals surface area contributed by atoms with Crippen molar-refractivity contribution in [1.29, 1.82) is 0 Å². The van der Waals surface area contributed by atoms with Crippen molar-refractivity contribution in [3.05, 3.63) is 24.0 Å². The summed E-state index contributed by atoms with van der Waals surface area (Å²) in [5.74, 6) is -0.828. The van der Waals surface area contributed by atoms with Crippen molar-refractivity contribution < 1.29 is 12.8 Å². The van der Waals surface area contributed by atoms with Gasteiger partial charge in [0.15, 0.2) is 0 Å². The van der Waals surface area contributed by atoms with Crippen molar-refractivity contribution in [3.63, 3.8) is 0 Å². The van der Waals surface area contributed by atoms with Gasteiger partial charge in [-0.1, -0.05) is 0 Å². The molecule has 1 aliphatic heterocycles. The Kier molecular flexibility index (Phi) is 4.62. The van der Waals surface area contributed by atoms with Gasteiger partial charge in [-0.2, -0.15) is 0 Å². The Morgan fingerprint density at radius 3 is 2.65 bits per heavy atom. The van der Waals surface area contributed by atoms with Gasteiger partial charge in [0.1, 0.15) is 10.7 Å². The van der Waals surface area contributed by atoms with Gasteiger partial charge in [0.25, 0.3) is 0 Å². The SMILES string of the molecule is CC(CN1CCCC1)NS(=O)(=O)c1ccc(N)cc1F. The third kappa shape index (κ3) is 3.68. The van der Waals surface area contributed by atoms with E-state index < -0.39 is 15.8 Å². The lowest BCUT2D eigenvalue weighted by Crippen LogP contribution is -2.41. The van der Waals surface area contributed by atoms with Crippen molar-refractivity contribution in [2.24, 2.45) is 0 Å². The van der Waals surface area contributed by atoms with E-state index in [-0.39, 0.29) is 16.6 Å². The predicted octanol–water partition coefficient (Wildman–Crippen LogP) is 1.17. The molecule has 1 aromatic carbocycles. The number of halogens is 1. The largest absolute Gasteiger partial charge is 0.399 e. The summed E-state index contributed by atoms with van der Waals surface area (Å²) in [4.78, 5) is 1.84. The van der Waals surface area contributed by atoms with Crippen LogP contribution in [-0.2, 0) is 10.0 Å². The van der Waals surface area contributed by atoms with Crippen molar-refractivity contribution >= 4 is 15.7 Å². The summed E-state index contributed by atoms with van der Waals surface area (Å²) in [5.41, 5.74) is 5.62. The number of hydrogen-bond donors (Lipinski definition) is 2. The number of nitrogens with two attached hydrogens (primary N) is 1. The molecule has 20 heavy (non-hydrogen) atoms. The number of anilines is 1. The van der Waals surface area contributed by atoms with E-state index in [0.29, 0.717) is 6.54 Å². The molecule has 1 heterocycles. The number of nitrogen functional groups attached to an aromatic ring is 1. The number of rotatable bonds is 5. The Labute approximate surface area is 119 Å². The van der Waals surface area contributed by atoms with Crippen LogP contribution in [-0.4, -0.2) is 39.0 Å². The molecule has 1 fully saturated rings. The third-order valence-corrected chi connectivity index (χ3v) is 4.96. The summed E-state index contributed by atoms with van der Waals surface area (Å²) >= 11 is 0. The number of nitrogens with zero attached hydrogens (tertiary/aromatic N) is 1. The van der Waals surface area contributed by atoms with Crippen LogP contribution in [0.25, 0.3) is 0 Å². The van der Waals surface area contributed by atoms with Crippen LogP contribution in [0.15, 0.2) is 23.1 Å². The topological polar surface area (TPSA) is 75.4 Å². The molecular weight excluding hydrogens is 281 g/mol. The molecule has 1 saturated heterocycles. The number of benzene rings is 1. The lowest BCUT2D eigenvalue weighted by atomic mass is 10.3. The summed E-state index contributed by atoms with van der Waals surface area (Å²) in [6.45, 7) is 4.39. The average molecular weight is 301 g/mol. The predicted molar refractivity (Wildman–Crippen MR) is 76.3 cm³/mol. The molecule has 0 saturated carbocycles. The summed E-state index contributed by atoms with van der Waals surface area (Å²) in [7, 11) is -3.86. The van der Waals surface area contributed by atoms with Crippen LogP contribution in [0.3, 0.4) is 0 Å². The van der Waals surface area contributed by atoms with Gasteiger partial charge < -0.3 is 10.6 Å². The van der Waals surface area contributed by atoms with E-state index in [2.05, 4.69) is 9.62 Å². The summed E-state index contributed by atoms with van der Waals surface area (Å²) in [6, 6.07) is 3.31. The highest BCUT2D eigenvalue weighted by Crippen LogP contribution is 2.17. The lowest BCUT2D eigenvalue weighted by molar-refractivity contribution is 0.312. The molecule has 0 bridgehead atoms. The molecular formula is C13H20FN3O2S. The molecule has 0 amide bonds. The average Bonchev–Trinajstić information content (AvgIpc) is 2.79. The van der Waals surface area contributed by atoms with Gasteiger partial charge in [0.2, 0.25) is 10.0 Å². The Balaban J connectivity index is 2.06. The van der Waals surface area contributed by atoms with Crippen molar-refractivity contribution in [2.45, 2.75) is 30.7 Å². The molecule has 3 N–H and O–H groups in total. The smallest absolute Gasteiger partial charge is 0.243 e. The molecule has 2 rings (SSSR count). The highest BCUT2D eigenvalue weighted by atomic mass is 32.2. The van der Waals surface area contributed by atoms with Crippen LogP contribution < -0.4 is 10.5 Å². The fraction of sp³-hybridized carbons (Fsp3) is 0.538. The summed E-state index contributed by atoms with van der Waals surface area (Å²) < 4.78 is 40.5. The van der Waals surface area contributed by atoms with E-state index in [9.17, 15) is 12.8 Å². The minimum Gasteiger partial charge on any atom is -0.399 e. The molecule has 0 aromatic heterocycles. The molecule has 0 radical (unpaired) electrons. The van der Waals surface area contributed by atoms with Crippen molar-refractivity contribution in [1.82, 2.24) is 9.62 Å². The first kappa shape index (κ1) is 15.2. The van der Waals surface area contributed by atoms with E-state index in [1.807, 2.05) is 0 Å². The molecule has 1 aromatic rings. The summed E-state index contributed by atoms with van der Waals surface area (Å²) in [6.07, 6.45) is 2.29. The van der Waals surface area contributed by atoms with Gasteiger partial charge in [0, 0.05) is 18.3 Å². The van der Waals surface area contributed by atoms with E-state index in [0.717, 1.165) is 32.0 Å². The molecule has 1 atom stereocenters. The van der Waals surface area contributed by atoms with E-state index in [1.165, 1.54) is 12.1 Å². The van der Waals surface area contributed by atoms with Crippen LogP contribution in [0.4, 0.5) is 10.1 Å². The van der Waals surface area contributed by atoms with Crippen LogP contribution >= 0.6 is 0 Å². The van der Waals surface area contributed by atoms with E-state index in [1.54, 1.807) is 6.92 Å². The summed E-state index contributed by atoms with van der Waals surface area (Å²) in [5, 5.41) is 0. The van der Waals surface area contributed by atoms with Crippen LogP contribution in [0.1, 0.15) is 19.8 Å². The molecule has 112 valence electrons. The molecule has 0 spiro atoms. The lowest BCUT2D eigenvalue weighted by Gasteiger charge is -2.21. The molecule has 1 unspecified atom stereocenters. The van der Waals surface area contributed by atoms with Gasteiger partial charge in [-0.25, -0.2) is 17.5 Å². The standard InChI is InChI=1S/C13H20FN3O2S/c1-10(9-17-6-2-3-7-17)16-20(18,19)13-5-4-11(15)8-12(13)14/h4-5,8,10,16H,2-3,6-7,9,15H2,1H3. The van der Waals surface area contributed by atoms with Gasteiger partial charge >= 0.3 is 0 Å². The highest BCUT2D eigenvalue weighted by Gasteiger charge is 2.23. The Hall–Kier alpha value is -1.18.